The van der Waals surface area contributed by atoms with Gasteiger partial charge in [0.05, 0.1) is 17.1 Å². The Morgan fingerprint density at radius 2 is 1.95 bits per heavy atom. The summed E-state index contributed by atoms with van der Waals surface area (Å²) in [6.45, 7) is 7.71. The predicted octanol–water partition coefficient (Wildman–Crippen LogP) is 2.29. The Morgan fingerprint density at radius 1 is 1.23 bits per heavy atom. The summed E-state index contributed by atoms with van der Waals surface area (Å²) in [6, 6.07) is 5.73. The van der Waals surface area contributed by atoms with Gasteiger partial charge in [-0.1, -0.05) is 24.3 Å². The first-order chi connectivity index (χ1) is 10.5. The fraction of sp³-hybridized carbons (Fsp3) is 0.294. The fourth-order valence-corrected chi connectivity index (χ4v) is 3.16. The largest absolute Gasteiger partial charge is 0.396 e. The predicted molar refractivity (Wildman–Crippen MR) is 89.3 cm³/mol. The summed E-state index contributed by atoms with van der Waals surface area (Å²) in [7, 11) is 0. The first-order valence-electron chi connectivity index (χ1n) is 7.04. The minimum atomic E-state index is -0.309. The summed E-state index contributed by atoms with van der Waals surface area (Å²) in [4.78, 5) is 26.6. The van der Waals surface area contributed by atoms with Crippen LogP contribution in [0.4, 0.5) is 0 Å². The van der Waals surface area contributed by atoms with Crippen molar-refractivity contribution in [2.24, 2.45) is 0 Å². The third-order valence-electron chi connectivity index (χ3n) is 3.57. The lowest BCUT2D eigenvalue weighted by Crippen LogP contribution is -2.31. The highest BCUT2D eigenvalue weighted by molar-refractivity contribution is 8.04. The minimum Gasteiger partial charge on any atom is -0.396 e. The zero-order valence-corrected chi connectivity index (χ0v) is 13.6. The topological polar surface area (TPSA) is 57.6 Å². The highest BCUT2D eigenvalue weighted by Crippen LogP contribution is 2.36. The third kappa shape index (κ3) is 3.00. The number of imide groups is 1. The number of aryl methyl sites for hydroxylation is 2. The van der Waals surface area contributed by atoms with Crippen molar-refractivity contribution in [1.82, 2.24) is 4.90 Å². The number of amides is 2. The number of hydrogen-bond donors (Lipinski definition) is 1. The van der Waals surface area contributed by atoms with Crippen LogP contribution < -0.4 is 0 Å². The molecule has 0 radical (unpaired) electrons. The van der Waals surface area contributed by atoms with Crippen molar-refractivity contribution >= 4 is 29.1 Å². The van der Waals surface area contributed by atoms with Crippen molar-refractivity contribution < 1.29 is 14.7 Å². The molecular formula is C17H19NO3S. The number of nitrogens with zero attached hydrogens (tertiary/aromatic N) is 1. The fourth-order valence-electron chi connectivity index (χ4n) is 2.28. The quantitative estimate of drug-likeness (QED) is 0.646. The van der Waals surface area contributed by atoms with Gasteiger partial charge in [0.1, 0.15) is 0 Å². The molecule has 1 heterocycles. The summed E-state index contributed by atoms with van der Waals surface area (Å²) in [5, 5.41) is 9.02. The van der Waals surface area contributed by atoms with Gasteiger partial charge < -0.3 is 5.11 Å². The second-order valence-electron chi connectivity index (χ2n) is 5.08. The standard InChI is InChI=1S/C17H19NO3S/c1-4-7-18-16(20)14(15(17(18)21)22-9-8-19)13-6-5-11(2)12(3)10-13/h4-6,10,19H,1,7-9H2,2-3H3. The summed E-state index contributed by atoms with van der Waals surface area (Å²) < 4.78 is 0. The molecule has 0 spiro atoms. The number of carbonyl (C=O) groups is 2. The molecule has 22 heavy (non-hydrogen) atoms. The lowest BCUT2D eigenvalue weighted by molar-refractivity contribution is -0.135. The van der Waals surface area contributed by atoms with Gasteiger partial charge in [-0.3, -0.25) is 14.5 Å². The molecule has 1 aromatic rings. The van der Waals surface area contributed by atoms with Crippen LogP contribution in [-0.2, 0) is 9.59 Å². The second-order valence-corrected chi connectivity index (χ2v) is 6.19. The van der Waals surface area contributed by atoms with E-state index in [1.54, 1.807) is 0 Å². The molecule has 0 bridgehead atoms. The van der Waals surface area contributed by atoms with Gasteiger partial charge in [-0.05, 0) is 30.5 Å². The molecule has 0 atom stereocenters. The first-order valence-corrected chi connectivity index (χ1v) is 8.02. The van der Waals surface area contributed by atoms with Crippen LogP contribution in [0.3, 0.4) is 0 Å². The zero-order chi connectivity index (χ0) is 16.3. The van der Waals surface area contributed by atoms with Crippen LogP contribution in [0.15, 0.2) is 35.8 Å². The average Bonchev–Trinajstić information content (AvgIpc) is 2.72. The molecule has 4 nitrogen and oxygen atoms in total. The van der Waals surface area contributed by atoms with E-state index in [-0.39, 0.29) is 25.0 Å². The second kappa shape index (κ2) is 6.94. The van der Waals surface area contributed by atoms with Crippen LogP contribution in [0.5, 0.6) is 0 Å². The van der Waals surface area contributed by atoms with E-state index in [1.165, 1.54) is 22.7 Å². The van der Waals surface area contributed by atoms with Crippen molar-refractivity contribution in [2.75, 3.05) is 18.9 Å². The van der Waals surface area contributed by atoms with Gasteiger partial charge in [0.2, 0.25) is 0 Å². The molecule has 116 valence electrons. The van der Waals surface area contributed by atoms with Crippen molar-refractivity contribution in [3.63, 3.8) is 0 Å². The lowest BCUT2D eigenvalue weighted by Gasteiger charge is -2.12. The van der Waals surface area contributed by atoms with E-state index < -0.39 is 0 Å². The van der Waals surface area contributed by atoms with E-state index in [2.05, 4.69) is 6.58 Å². The van der Waals surface area contributed by atoms with Gasteiger partial charge >= 0.3 is 0 Å². The summed E-state index contributed by atoms with van der Waals surface area (Å²) >= 11 is 1.22. The maximum atomic E-state index is 12.6. The molecule has 5 heteroatoms. The van der Waals surface area contributed by atoms with Gasteiger partial charge in [0, 0.05) is 12.3 Å². The Kier molecular flexibility index (Phi) is 5.21. The van der Waals surface area contributed by atoms with Crippen LogP contribution in [0, 0.1) is 13.8 Å². The normalized spacial score (nSPS) is 15.0. The Balaban J connectivity index is 2.51. The highest BCUT2D eigenvalue weighted by atomic mass is 32.2. The molecule has 1 aliphatic heterocycles. The van der Waals surface area contributed by atoms with Crippen molar-refractivity contribution in [3.8, 4) is 0 Å². The molecule has 0 saturated carbocycles. The number of carbonyl (C=O) groups excluding carboxylic acids is 2. The van der Waals surface area contributed by atoms with E-state index in [0.717, 1.165) is 16.7 Å². The third-order valence-corrected chi connectivity index (χ3v) is 4.62. The van der Waals surface area contributed by atoms with Crippen molar-refractivity contribution in [2.45, 2.75) is 13.8 Å². The number of thioether (sulfide) groups is 1. The van der Waals surface area contributed by atoms with Gasteiger partial charge in [-0.15, -0.1) is 18.3 Å². The number of rotatable bonds is 6. The van der Waals surface area contributed by atoms with E-state index >= 15 is 0 Å². The van der Waals surface area contributed by atoms with E-state index in [4.69, 9.17) is 5.11 Å². The van der Waals surface area contributed by atoms with Gasteiger partial charge in [-0.25, -0.2) is 0 Å². The van der Waals surface area contributed by atoms with Gasteiger partial charge in [0.15, 0.2) is 0 Å². The van der Waals surface area contributed by atoms with Crippen LogP contribution in [0.1, 0.15) is 16.7 Å². The monoisotopic (exact) mass is 317 g/mol. The van der Waals surface area contributed by atoms with Crippen LogP contribution >= 0.6 is 11.8 Å². The maximum absolute atomic E-state index is 12.6. The van der Waals surface area contributed by atoms with E-state index in [9.17, 15) is 9.59 Å². The first kappa shape index (κ1) is 16.5. The molecule has 0 fully saturated rings. The molecule has 0 aliphatic carbocycles. The molecule has 1 aromatic carbocycles. The van der Waals surface area contributed by atoms with Crippen LogP contribution in [-0.4, -0.2) is 40.7 Å². The molecule has 0 unspecified atom stereocenters. The molecular weight excluding hydrogens is 298 g/mol. The molecule has 2 amide bonds. The number of aliphatic hydroxyl groups is 1. The van der Waals surface area contributed by atoms with Gasteiger partial charge in [0.25, 0.3) is 11.8 Å². The molecule has 0 aromatic heterocycles. The maximum Gasteiger partial charge on any atom is 0.268 e. The Labute approximate surface area is 134 Å². The lowest BCUT2D eigenvalue weighted by atomic mass is 10.0. The molecule has 1 N–H and O–H groups in total. The van der Waals surface area contributed by atoms with E-state index in [1.807, 2.05) is 32.0 Å². The van der Waals surface area contributed by atoms with Gasteiger partial charge in [-0.2, -0.15) is 0 Å². The van der Waals surface area contributed by atoms with E-state index in [0.29, 0.717) is 16.2 Å². The SMILES string of the molecule is C=CCN1C(=O)C(SCCO)=C(c2ccc(C)c(C)c2)C1=O. The van der Waals surface area contributed by atoms with Crippen molar-refractivity contribution in [3.05, 3.63) is 52.4 Å². The van der Waals surface area contributed by atoms with Crippen LogP contribution in [0.25, 0.3) is 5.57 Å². The Hall–Kier alpha value is -1.85. The number of hydrogen-bond acceptors (Lipinski definition) is 4. The minimum absolute atomic E-state index is 0.0443. The smallest absolute Gasteiger partial charge is 0.268 e. The molecule has 1 aliphatic rings. The highest BCUT2D eigenvalue weighted by Gasteiger charge is 2.38. The zero-order valence-electron chi connectivity index (χ0n) is 12.8. The average molecular weight is 317 g/mol. The molecule has 2 rings (SSSR count). The number of aliphatic hydroxyl groups excluding tert-OH is 1. The number of benzene rings is 1. The summed E-state index contributed by atoms with van der Waals surface area (Å²) in [6.07, 6.45) is 1.54. The van der Waals surface area contributed by atoms with Crippen molar-refractivity contribution in [1.29, 1.82) is 0 Å². The Bertz CT molecular complexity index is 664. The Morgan fingerprint density at radius 3 is 2.55 bits per heavy atom. The summed E-state index contributed by atoms with van der Waals surface area (Å²) in [5.74, 6) is -0.227. The summed E-state index contributed by atoms with van der Waals surface area (Å²) in [5.41, 5.74) is 3.37. The van der Waals surface area contributed by atoms with Crippen LogP contribution in [0.2, 0.25) is 0 Å². The molecule has 0 saturated heterocycles.